The summed E-state index contributed by atoms with van der Waals surface area (Å²) in [7, 11) is 0. The largest absolute Gasteiger partial charge is 0.466 e. The number of carbonyl (C=O) groups excluding carboxylic acids is 1. The summed E-state index contributed by atoms with van der Waals surface area (Å²) in [6, 6.07) is 1.80. The van der Waals surface area contributed by atoms with Crippen LogP contribution in [0.5, 0.6) is 0 Å². The Kier molecular flexibility index (Phi) is 3.09. The summed E-state index contributed by atoms with van der Waals surface area (Å²) >= 11 is 0. The van der Waals surface area contributed by atoms with Crippen LogP contribution in [0.3, 0.4) is 0 Å². The highest BCUT2D eigenvalue weighted by Crippen LogP contribution is 2.14. The molecule has 0 bridgehead atoms. The average Bonchev–Trinajstić information content (AvgIpc) is 2.42. The first-order valence-electron chi connectivity index (χ1n) is 3.97. The number of nitrogens with zero attached hydrogens (tertiary/aromatic N) is 3. The highest BCUT2D eigenvalue weighted by molar-refractivity contribution is 5.92. The highest BCUT2D eigenvalue weighted by Gasteiger charge is 2.00. The Balaban J connectivity index is 2.83. The number of rotatable bonds is 2. The van der Waals surface area contributed by atoms with E-state index in [0.717, 1.165) is 17.1 Å². The quantitative estimate of drug-likeness (QED) is 0.312. The zero-order valence-electron chi connectivity index (χ0n) is 7.89. The Bertz CT molecular complexity index is 425. The summed E-state index contributed by atoms with van der Waals surface area (Å²) in [5.41, 5.74) is 8.79. The van der Waals surface area contributed by atoms with Crippen molar-refractivity contribution in [2.45, 2.75) is 13.8 Å². The van der Waals surface area contributed by atoms with Gasteiger partial charge in [-0.15, -0.1) is 0 Å². The van der Waals surface area contributed by atoms with Crippen LogP contribution < -0.4 is 0 Å². The van der Waals surface area contributed by atoms with Gasteiger partial charge >= 0.3 is 0 Å². The fourth-order valence-corrected chi connectivity index (χ4v) is 1.05. The van der Waals surface area contributed by atoms with Gasteiger partial charge in [-0.25, -0.2) is 0 Å². The van der Waals surface area contributed by atoms with Gasteiger partial charge < -0.3 is 4.42 Å². The van der Waals surface area contributed by atoms with E-state index in [1.807, 2.05) is 6.92 Å². The summed E-state index contributed by atoms with van der Waals surface area (Å²) in [4.78, 5) is 13.2. The SMILES string of the molecule is Cc1cc(/C=C/C(=O)N=[N+]=[N-])c(C)o1. The van der Waals surface area contributed by atoms with Crippen molar-refractivity contribution in [3.05, 3.63) is 39.7 Å². The number of azide groups is 1. The van der Waals surface area contributed by atoms with E-state index >= 15 is 0 Å². The van der Waals surface area contributed by atoms with Gasteiger partial charge in [-0.05, 0) is 42.7 Å². The summed E-state index contributed by atoms with van der Waals surface area (Å²) < 4.78 is 5.24. The van der Waals surface area contributed by atoms with E-state index in [9.17, 15) is 4.79 Å². The lowest BCUT2D eigenvalue weighted by molar-refractivity contribution is -0.113. The molecule has 5 nitrogen and oxygen atoms in total. The second kappa shape index (κ2) is 4.30. The Hall–Kier alpha value is -2.00. The summed E-state index contributed by atoms with van der Waals surface area (Å²) in [5, 5.41) is 2.90. The first kappa shape index (κ1) is 10.1. The van der Waals surface area contributed by atoms with Crippen molar-refractivity contribution in [2.75, 3.05) is 0 Å². The molecule has 1 heterocycles. The zero-order valence-corrected chi connectivity index (χ0v) is 7.89. The van der Waals surface area contributed by atoms with Crippen molar-refractivity contribution in [1.82, 2.24) is 0 Å². The van der Waals surface area contributed by atoms with Crippen molar-refractivity contribution in [2.24, 2.45) is 5.11 Å². The molecular weight excluding hydrogens is 182 g/mol. The van der Waals surface area contributed by atoms with Crippen LogP contribution in [-0.4, -0.2) is 5.91 Å². The van der Waals surface area contributed by atoms with Crippen LogP contribution >= 0.6 is 0 Å². The Labute approximate surface area is 80.7 Å². The molecule has 1 aromatic rings. The minimum absolute atomic E-state index is 0.620. The first-order chi connectivity index (χ1) is 6.63. The molecule has 0 aliphatic rings. The molecule has 0 N–H and O–H groups in total. The van der Waals surface area contributed by atoms with E-state index in [1.165, 1.54) is 6.08 Å². The lowest BCUT2D eigenvalue weighted by Gasteiger charge is -1.85. The predicted octanol–water partition coefficient (Wildman–Crippen LogP) is 2.75. The Morgan fingerprint density at radius 1 is 1.64 bits per heavy atom. The van der Waals surface area contributed by atoms with E-state index in [0.29, 0.717) is 0 Å². The van der Waals surface area contributed by atoms with Crippen LogP contribution in [0.2, 0.25) is 0 Å². The molecule has 14 heavy (non-hydrogen) atoms. The summed E-state index contributed by atoms with van der Waals surface area (Å²) in [6.45, 7) is 3.62. The molecule has 0 aromatic carbocycles. The van der Waals surface area contributed by atoms with Gasteiger partial charge in [0.1, 0.15) is 11.5 Å². The third-order valence-electron chi connectivity index (χ3n) is 1.63. The number of hydrogen-bond donors (Lipinski definition) is 0. The van der Waals surface area contributed by atoms with Crippen molar-refractivity contribution in [3.8, 4) is 0 Å². The molecule has 1 aromatic heterocycles. The standard InChI is InChI=1S/C9H9N3O2/c1-6-5-8(7(2)14-6)3-4-9(13)11-12-10/h3-5H,1-2H3/b4-3+. The van der Waals surface area contributed by atoms with Gasteiger partial charge in [0.25, 0.3) is 0 Å². The minimum Gasteiger partial charge on any atom is -0.466 e. The van der Waals surface area contributed by atoms with Crippen molar-refractivity contribution in [3.63, 3.8) is 0 Å². The van der Waals surface area contributed by atoms with Gasteiger partial charge in [0.05, 0.1) is 0 Å². The fourth-order valence-electron chi connectivity index (χ4n) is 1.05. The Morgan fingerprint density at radius 2 is 2.36 bits per heavy atom. The van der Waals surface area contributed by atoms with Crippen LogP contribution in [-0.2, 0) is 4.79 Å². The first-order valence-corrected chi connectivity index (χ1v) is 3.97. The third kappa shape index (κ3) is 2.50. The van der Waals surface area contributed by atoms with E-state index in [1.54, 1.807) is 19.1 Å². The lowest BCUT2D eigenvalue weighted by atomic mass is 10.2. The zero-order chi connectivity index (χ0) is 10.6. The van der Waals surface area contributed by atoms with Gasteiger partial charge in [0.2, 0.25) is 5.91 Å². The average molecular weight is 191 g/mol. The smallest absolute Gasteiger partial charge is 0.242 e. The number of hydrogen-bond acceptors (Lipinski definition) is 2. The molecular formula is C9H9N3O2. The second-order valence-electron chi connectivity index (χ2n) is 2.73. The van der Waals surface area contributed by atoms with Gasteiger partial charge in [-0.1, -0.05) is 0 Å². The molecule has 0 unspecified atom stereocenters. The van der Waals surface area contributed by atoms with Crippen LogP contribution in [0.15, 0.2) is 21.7 Å². The minimum atomic E-state index is -0.620. The molecule has 0 radical (unpaired) electrons. The fraction of sp³-hybridized carbons (Fsp3) is 0.222. The molecule has 0 saturated carbocycles. The van der Waals surface area contributed by atoms with Crippen molar-refractivity contribution < 1.29 is 9.21 Å². The normalized spacial score (nSPS) is 10.1. The molecule has 5 heteroatoms. The maximum absolute atomic E-state index is 10.8. The Morgan fingerprint density at radius 3 is 2.86 bits per heavy atom. The van der Waals surface area contributed by atoms with E-state index in [2.05, 4.69) is 10.0 Å². The molecule has 1 rings (SSSR count). The van der Waals surface area contributed by atoms with Crippen molar-refractivity contribution >= 4 is 12.0 Å². The second-order valence-corrected chi connectivity index (χ2v) is 2.73. The maximum Gasteiger partial charge on any atom is 0.242 e. The van der Waals surface area contributed by atoms with Crippen LogP contribution in [0.1, 0.15) is 17.1 Å². The number of aryl methyl sites for hydroxylation is 2. The molecule has 1 amide bonds. The lowest BCUT2D eigenvalue weighted by Crippen LogP contribution is -1.82. The van der Waals surface area contributed by atoms with Crippen LogP contribution in [0.4, 0.5) is 0 Å². The van der Waals surface area contributed by atoms with Crippen LogP contribution in [0, 0.1) is 13.8 Å². The van der Waals surface area contributed by atoms with E-state index in [-0.39, 0.29) is 0 Å². The van der Waals surface area contributed by atoms with E-state index < -0.39 is 5.91 Å². The van der Waals surface area contributed by atoms with E-state index in [4.69, 9.17) is 9.95 Å². The molecule has 0 aliphatic carbocycles. The number of furan rings is 1. The summed E-state index contributed by atoms with van der Waals surface area (Å²) in [6.07, 6.45) is 2.76. The third-order valence-corrected chi connectivity index (χ3v) is 1.63. The molecule has 0 aliphatic heterocycles. The number of carbonyl (C=O) groups is 1. The summed E-state index contributed by atoms with van der Waals surface area (Å²) in [5.74, 6) is 0.886. The predicted molar refractivity (Wildman–Crippen MR) is 51.4 cm³/mol. The van der Waals surface area contributed by atoms with Gasteiger partial charge in [0, 0.05) is 10.5 Å². The molecule has 0 fully saturated rings. The molecule has 0 saturated heterocycles. The van der Waals surface area contributed by atoms with Gasteiger partial charge in [0.15, 0.2) is 0 Å². The number of amides is 1. The molecule has 72 valence electrons. The van der Waals surface area contributed by atoms with Crippen molar-refractivity contribution in [1.29, 1.82) is 0 Å². The highest BCUT2D eigenvalue weighted by atomic mass is 16.3. The van der Waals surface area contributed by atoms with Gasteiger partial charge in [-0.3, -0.25) is 4.79 Å². The monoisotopic (exact) mass is 191 g/mol. The molecule has 0 spiro atoms. The van der Waals surface area contributed by atoms with Gasteiger partial charge in [-0.2, -0.15) is 0 Å². The topological polar surface area (TPSA) is 79.0 Å². The molecule has 0 atom stereocenters. The van der Waals surface area contributed by atoms with Crippen LogP contribution in [0.25, 0.3) is 16.5 Å². The maximum atomic E-state index is 10.8.